The first-order chi connectivity index (χ1) is 10.5. The zero-order valence-corrected chi connectivity index (χ0v) is 13.3. The molecule has 2 rings (SSSR count). The topological polar surface area (TPSA) is 61.2 Å². The fourth-order valence-electron chi connectivity index (χ4n) is 1.55. The van der Waals surface area contributed by atoms with Crippen molar-refractivity contribution in [1.82, 2.24) is 9.78 Å². The number of ketones is 1. The summed E-state index contributed by atoms with van der Waals surface area (Å²) in [7, 11) is 0. The maximum absolute atomic E-state index is 11.4. The van der Waals surface area contributed by atoms with E-state index < -0.39 is 5.97 Å². The summed E-state index contributed by atoms with van der Waals surface area (Å²) in [4.78, 5) is 22.0. The summed E-state index contributed by atoms with van der Waals surface area (Å²) in [6.45, 7) is 6.31. The number of aryl methyl sites for hydroxylation is 2. The fourth-order valence-corrected chi connectivity index (χ4v) is 1.55. The van der Waals surface area contributed by atoms with Crippen molar-refractivity contribution in [2.75, 3.05) is 6.61 Å². The van der Waals surface area contributed by atoms with Gasteiger partial charge in [0.25, 0.3) is 0 Å². The van der Waals surface area contributed by atoms with Gasteiger partial charge < -0.3 is 4.74 Å². The lowest BCUT2D eigenvalue weighted by molar-refractivity contribution is -0.117. The van der Waals surface area contributed by atoms with Gasteiger partial charge in [-0.15, -0.1) is 0 Å². The summed E-state index contributed by atoms with van der Waals surface area (Å²) in [5.41, 5.74) is 1.74. The molecule has 0 unspecified atom stereocenters. The molecule has 1 aromatic heterocycles. The van der Waals surface area contributed by atoms with Gasteiger partial charge in [0, 0.05) is 19.2 Å². The van der Waals surface area contributed by atoms with Gasteiger partial charge >= 0.3 is 5.97 Å². The molecule has 0 amide bonds. The minimum atomic E-state index is -0.434. The van der Waals surface area contributed by atoms with Crippen LogP contribution in [0.5, 0.6) is 0 Å². The first kappa shape index (κ1) is 17.6. The third-order valence-corrected chi connectivity index (χ3v) is 2.82. The molecule has 0 radical (unpaired) electrons. The van der Waals surface area contributed by atoms with E-state index in [-0.39, 0.29) is 18.8 Å². The summed E-state index contributed by atoms with van der Waals surface area (Å²) in [6, 6.07) is 10.3. The van der Waals surface area contributed by atoms with Gasteiger partial charge in [-0.05, 0) is 20.8 Å². The number of rotatable bonds is 5. The Balaban J connectivity index is 0.000000287. The number of ether oxygens (including phenoxy) is 1. The lowest BCUT2D eigenvalue weighted by atomic mass is 10.2. The molecule has 0 N–H and O–H groups in total. The molecule has 0 saturated carbocycles. The van der Waals surface area contributed by atoms with Crippen LogP contribution in [0.4, 0.5) is 0 Å². The number of carbonyl (C=O) groups is 2. The van der Waals surface area contributed by atoms with Crippen LogP contribution in [-0.2, 0) is 16.1 Å². The van der Waals surface area contributed by atoms with E-state index in [1.54, 1.807) is 10.9 Å². The summed E-state index contributed by atoms with van der Waals surface area (Å²) < 4.78 is 6.52. The number of carbonyl (C=O) groups excluding carboxylic acids is 2. The Kier molecular flexibility index (Phi) is 7.61. The molecule has 0 spiro atoms. The number of hydrogen-bond acceptors (Lipinski definition) is 4. The van der Waals surface area contributed by atoms with Gasteiger partial charge in [0.05, 0.1) is 18.4 Å². The van der Waals surface area contributed by atoms with Crippen molar-refractivity contribution in [2.24, 2.45) is 0 Å². The van der Waals surface area contributed by atoms with Crippen molar-refractivity contribution in [3.05, 3.63) is 53.9 Å². The molecular formula is C17H22N2O3. The third kappa shape index (κ3) is 6.83. The van der Waals surface area contributed by atoms with E-state index in [1.807, 2.05) is 25.1 Å². The van der Waals surface area contributed by atoms with Gasteiger partial charge in [0.15, 0.2) is 0 Å². The van der Waals surface area contributed by atoms with E-state index in [0.717, 1.165) is 0 Å². The summed E-state index contributed by atoms with van der Waals surface area (Å²) in [5, 5.41) is 3.95. The van der Waals surface area contributed by atoms with Crippen LogP contribution in [0.1, 0.15) is 36.2 Å². The van der Waals surface area contributed by atoms with Crippen molar-refractivity contribution < 1.29 is 14.3 Å². The molecular weight excluding hydrogens is 280 g/mol. The SMILES string of the molecule is CCn1cc(C(=O)OCCC(C)=O)cn1.Cc1ccccc1. The molecule has 0 saturated heterocycles. The number of nitrogens with zero attached hydrogens (tertiary/aromatic N) is 2. The molecule has 22 heavy (non-hydrogen) atoms. The van der Waals surface area contributed by atoms with Crippen LogP contribution in [-0.4, -0.2) is 28.1 Å². The number of esters is 1. The van der Waals surface area contributed by atoms with E-state index in [9.17, 15) is 9.59 Å². The lowest BCUT2D eigenvalue weighted by Gasteiger charge is -2.00. The molecule has 0 aliphatic carbocycles. The average molecular weight is 302 g/mol. The smallest absolute Gasteiger partial charge is 0.341 e. The lowest BCUT2D eigenvalue weighted by Crippen LogP contribution is -2.08. The van der Waals surface area contributed by atoms with Gasteiger partial charge in [0.1, 0.15) is 5.78 Å². The Morgan fingerprint density at radius 2 is 1.91 bits per heavy atom. The number of benzene rings is 1. The van der Waals surface area contributed by atoms with Crippen LogP contribution in [0.15, 0.2) is 42.7 Å². The average Bonchev–Trinajstić information content (AvgIpc) is 2.97. The minimum Gasteiger partial charge on any atom is -0.462 e. The maximum atomic E-state index is 11.4. The van der Waals surface area contributed by atoms with Crippen LogP contribution in [0.3, 0.4) is 0 Å². The summed E-state index contributed by atoms with van der Waals surface area (Å²) in [5.74, 6) is -0.428. The molecule has 1 heterocycles. The van der Waals surface area contributed by atoms with E-state index in [1.165, 1.54) is 18.7 Å². The Morgan fingerprint density at radius 3 is 2.36 bits per heavy atom. The van der Waals surface area contributed by atoms with E-state index in [2.05, 4.69) is 24.2 Å². The Labute approximate surface area is 130 Å². The third-order valence-electron chi connectivity index (χ3n) is 2.82. The highest BCUT2D eigenvalue weighted by Crippen LogP contribution is 2.01. The first-order valence-electron chi connectivity index (χ1n) is 7.23. The quantitative estimate of drug-likeness (QED) is 0.796. The van der Waals surface area contributed by atoms with Gasteiger partial charge in [-0.2, -0.15) is 5.10 Å². The van der Waals surface area contributed by atoms with Gasteiger partial charge in [-0.3, -0.25) is 9.48 Å². The minimum absolute atomic E-state index is 0.00653. The van der Waals surface area contributed by atoms with Gasteiger partial charge in [-0.25, -0.2) is 4.79 Å². The van der Waals surface area contributed by atoms with Gasteiger partial charge in [-0.1, -0.05) is 35.9 Å². The zero-order chi connectivity index (χ0) is 16.4. The molecule has 1 aromatic carbocycles. The van der Waals surface area contributed by atoms with E-state index >= 15 is 0 Å². The molecule has 0 aliphatic heterocycles. The first-order valence-corrected chi connectivity index (χ1v) is 7.23. The molecule has 0 atom stereocenters. The summed E-state index contributed by atoms with van der Waals surface area (Å²) >= 11 is 0. The van der Waals surface area contributed by atoms with Crippen LogP contribution >= 0.6 is 0 Å². The zero-order valence-electron chi connectivity index (χ0n) is 13.3. The van der Waals surface area contributed by atoms with Crippen molar-refractivity contribution in [3.8, 4) is 0 Å². The van der Waals surface area contributed by atoms with Crippen LogP contribution in [0.25, 0.3) is 0 Å². The highest BCUT2D eigenvalue weighted by Gasteiger charge is 2.09. The number of Topliss-reactive ketones (excluding diaryl/α,β-unsaturated/α-hetero) is 1. The predicted octanol–water partition coefficient (Wildman–Crippen LogP) is 3.03. The van der Waals surface area contributed by atoms with Crippen molar-refractivity contribution in [3.63, 3.8) is 0 Å². The van der Waals surface area contributed by atoms with Crippen LogP contribution < -0.4 is 0 Å². The predicted molar refractivity (Wildman–Crippen MR) is 84.7 cm³/mol. The molecule has 118 valence electrons. The van der Waals surface area contributed by atoms with Crippen LogP contribution in [0, 0.1) is 6.92 Å². The van der Waals surface area contributed by atoms with Crippen molar-refractivity contribution in [2.45, 2.75) is 33.7 Å². The second kappa shape index (κ2) is 9.50. The van der Waals surface area contributed by atoms with E-state index in [4.69, 9.17) is 4.74 Å². The largest absolute Gasteiger partial charge is 0.462 e. The number of hydrogen-bond donors (Lipinski definition) is 0. The molecule has 5 nitrogen and oxygen atoms in total. The van der Waals surface area contributed by atoms with Crippen molar-refractivity contribution >= 4 is 11.8 Å². The highest BCUT2D eigenvalue weighted by atomic mass is 16.5. The Hall–Kier alpha value is -2.43. The Bertz CT molecular complexity index is 591. The molecule has 0 aliphatic rings. The summed E-state index contributed by atoms with van der Waals surface area (Å²) in [6.07, 6.45) is 3.34. The second-order valence-corrected chi connectivity index (χ2v) is 4.83. The van der Waals surface area contributed by atoms with E-state index in [0.29, 0.717) is 12.1 Å². The second-order valence-electron chi connectivity index (χ2n) is 4.83. The highest BCUT2D eigenvalue weighted by molar-refractivity contribution is 5.89. The monoisotopic (exact) mass is 302 g/mol. The molecule has 0 fully saturated rings. The number of aromatic nitrogens is 2. The molecule has 0 bridgehead atoms. The standard InChI is InChI=1S/C10H14N2O3.C7H8/c1-3-12-7-9(6-11-12)10(14)15-5-4-8(2)13;1-7-5-3-2-4-6-7/h6-7H,3-5H2,1-2H3;2-6H,1H3. The molecule has 2 aromatic rings. The maximum Gasteiger partial charge on any atom is 0.341 e. The molecule has 5 heteroatoms. The van der Waals surface area contributed by atoms with Gasteiger partial charge in [0.2, 0.25) is 0 Å². The van der Waals surface area contributed by atoms with Crippen molar-refractivity contribution in [1.29, 1.82) is 0 Å². The van der Waals surface area contributed by atoms with Crippen LogP contribution in [0.2, 0.25) is 0 Å². The normalized spacial score (nSPS) is 9.59. The Morgan fingerprint density at radius 1 is 1.23 bits per heavy atom. The fraction of sp³-hybridized carbons (Fsp3) is 0.353.